The average Bonchev–Trinajstić information content (AvgIpc) is 2.49. The van der Waals surface area contributed by atoms with Crippen molar-refractivity contribution >= 4 is 5.91 Å². The van der Waals surface area contributed by atoms with Gasteiger partial charge >= 0.3 is 0 Å². The van der Waals surface area contributed by atoms with Gasteiger partial charge in [0.15, 0.2) is 0 Å². The van der Waals surface area contributed by atoms with Gasteiger partial charge in [0, 0.05) is 12.1 Å². The van der Waals surface area contributed by atoms with Crippen molar-refractivity contribution in [2.24, 2.45) is 5.92 Å². The first-order valence-electron chi connectivity index (χ1n) is 7.90. The molecule has 0 aliphatic heterocycles. The first kappa shape index (κ1) is 16.7. The molecule has 2 atom stereocenters. The summed E-state index contributed by atoms with van der Waals surface area (Å²) in [4.78, 5) is 23.6. The summed E-state index contributed by atoms with van der Waals surface area (Å²) in [5.74, 6) is 0.481. The molecule has 1 heterocycles. The molecular weight excluding hydrogens is 282 g/mol. The highest BCUT2D eigenvalue weighted by atomic mass is 16.5. The number of hydrogen-bond acceptors (Lipinski definition) is 4. The second kappa shape index (κ2) is 7.54. The minimum atomic E-state index is -0.259. The molecule has 1 aromatic heterocycles. The Morgan fingerprint density at radius 3 is 2.91 bits per heavy atom. The first-order valence-corrected chi connectivity index (χ1v) is 7.90. The van der Waals surface area contributed by atoms with E-state index in [1.54, 1.807) is 0 Å². The molecule has 22 heavy (non-hydrogen) atoms. The van der Waals surface area contributed by atoms with E-state index in [0.29, 0.717) is 11.5 Å². The third kappa shape index (κ3) is 4.40. The third-order valence-electron chi connectivity index (χ3n) is 4.40. The number of carbonyl (C=O) groups is 1. The van der Waals surface area contributed by atoms with E-state index in [4.69, 9.17) is 4.74 Å². The summed E-state index contributed by atoms with van der Waals surface area (Å²) in [6.07, 6.45) is 4.64. The molecule has 2 rings (SSSR count). The molecule has 1 aliphatic rings. The standard InChI is InChI=1S/C16H25N3O3/c1-10-5-4-6-13(7-10)22-9-15(20)17-8-14-11(2)12(3)18-19-16(14)21/h10,13H,4-9H2,1-3H3,(H,17,20)(H,19,21)/t10-,13+/m0/s1. The van der Waals surface area contributed by atoms with Gasteiger partial charge in [-0.2, -0.15) is 5.10 Å². The van der Waals surface area contributed by atoms with E-state index in [-0.39, 0.29) is 30.7 Å². The lowest BCUT2D eigenvalue weighted by Crippen LogP contribution is -2.33. The molecule has 6 nitrogen and oxygen atoms in total. The Labute approximate surface area is 130 Å². The van der Waals surface area contributed by atoms with E-state index in [0.717, 1.165) is 30.5 Å². The second-order valence-corrected chi connectivity index (χ2v) is 6.22. The van der Waals surface area contributed by atoms with Crippen molar-refractivity contribution in [2.75, 3.05) is 6.61 Å². The molecule has 0 radical (unpaired) electrons. The van der Waals surface area contributed by atoms with E-state index >= 15 is 0 Å². The van der Waals surface area contributed by atoms with Crippen LogP contribution in [-0.4, -0.2) is 28.8 Å². The summed E-state index contributed by atoms with van der Waals surface area (Å²) < 4.78 is 5.68. The van der Waals surface area contributed by atoms with Crippen LogP contribution in [0.15, 0.2) is 4.79 Å². The molecule has 6 heteroatoms. The highest BCUT2D eigenvalue weighted by Gasteiger charge is 2.20. The van der Waals surface area contributed by atoms with E-state index in [9.17, 15) is 9.59 Å². The molecule has 0 unspecified atom stereocenters. The molecule has 0 aromatic carbocycles. The summed E-state index contributed by atoms with van der Waals surface area (Å²) in [6.45, 7) is 6.13. The van der Waals surface area contributed by atoms with E-state index in [1.165, 1.54) is 6.42 Å². The topological polar surface area (TPSA) is 84.1 Å². The Hall–Kier alpha value is -1.69. The van der Waals surface area contributed by atoms with Crippen molar-refractivity contribution in [3.05, 3.63) is 27.2 Å². The van der Waals surface area contributed by atoms with Gasteiger partial charge < -0.3 is 10.1 Å². The molecule has 1 aromatic rings. The molecule has 0 spiro atoms. The van der Waals surface area contributed by atoms with Crippen LogP contribution in [0, 0.1) is 19.8 Å². The van der Waals surface area contributed by atoms with Gasteiger partial charge in [-0.05, 0) is 38.2 Å². The van der Waals surface area contributed by atoms with Crippen molar-refractivity contribution in [3.8, 4) is 0 Å². The number of carbonyl (C=O) groups excluding carboxylic acids is 1. The lowest BCUT2D eigenvalue weighted by Gasteiger charge is -2.26. The first-order chi connectivity index (χ1) is 10.5. The summed E-state index contributed by atoms with van der Waals surface area (Å²) in [5.41, 5.74) is 1.86. The van der Waals surface area contributed by atoms with Gasteiger partial charge in [0.2, 0.25) is 5.91 Å². The molecular formula is C16H25N3O3. The molecule has 1 saturated carbocycles. The quantitative estimate of drug-likeness (QED) is 0.865. The SMILES string of the molecule is Cc1n[nH]c(=O)c(CNC(=O)CO[C@@H]2CCC[C@H](C)C2)c1C. The van der Waals surface area contributed by atoms with Crippen LogP contribution in [0.2, 0.25) is 0 Å². The predicted octanol–water partition coefficient (Wildman–Crippen LogP) is 1.60. The zero-order valence-corrected chi connectivity index (χ0v) is 13.6. The van der Waals surface area contributed by atoms with Crippen LogP contribution in [0.1, 0.15) is 49.4 Å². The van der Waals surface area contributed by atoms with E-state index < -0.39 is 0 Å². The number of aromatic nitrogens is 2. The number of nitrogens with one attached hydrogen (secondary N) is 2. The number of aromatic amines is 1. The zero-order chi connectivity index (χ0) is 16.1. The smallest absolute Gasteiger partial charge is 0.269 e. The van der Waals surface area contributed by atoms with Crippen LogP contribution >= 0.6 is 0 Å². The Bertz CT molecular complexity index is 582. The van der Waals surface area contributed by atoms with Gasteiger partial charge in [0.1, 0.15) is 6.61 Å². The van der Waals surface area contributed by atoms with Gasteiger partial charge in [-0.3, -0.25) is 9.59 Å². The molecule has 122 valence electrons. The number of ether oxygens (including phenoxy) is 1. The van der Waals surface area contributed by atoms with E-state index in [1.807, 2.05) is 13.8 Å². The maximum absolute atomic E-state index is 11.9. The molecule has 0 bridgehead atoms. The summed E-state index contributed by atoms with van der Waals surface area (Å²) in [5, 5.41) is 9.08. The van der Waals surface area contributed by atoms with Gasteiger partial charge in [-0.15, -0.1) is 0 Å². The fourth-order valence-corrected chi connectivity index (χ4v) is 2.85. The number of rotatable bonds is 5. The van der Waals surface area contributed by atoms with Crippen LogP contribution in [0.25, 0.3) is 0 Å². The Morgan fingerprint density at radius 1 is 1.41 bits per heavy atom. The lowest BCUT2D eigenvalue weighted by molar-refractivity contribution is -0.128. The Morgan fingerprint density at radius 2 is 2.18 bits per heavy atom. The number of hydrogen-bond donors (Lipinski definition) is 2. The summed E-state index contributed by atoms with van der Waals surface area (Å²) >= 11 is 0. The van der Waals surface area contributed by atoms with Crippen LogP contribution in [0.5, 0.6) is 0 Å². The van der Waals surface area contributed by atoms with Crippen molar-refractivity contribution in [2.45, 2.75) is 59.1 Å². The maximum atomic E-state index is 11.9. The molecule has 2 N–H and O–H groups in total. The van der Waals surface area contributed by atoms with Crippen molar-refractivity contribution < 1.29 is 9.53 Å². The van der Waals surface area contributed by atoms with Gasteiger partial charge in [-0.1, -0.05) is 19.8 Å². The highest BCUT2D eigenvalue weighted by Crippen LogP contribution is 2.25. The summed E-state index contributed by atoms with van der Waals surface area (Å²) in [6, 6.07) is 0. The fraction of sp³-hybridized carbons (Fsp3) is 0.688. The third-order valence-corrected chi connectivity index (χ3v) is 4.40. The van der Waals surface area contributed by atoms with Crippen molar-refractivity contribution in [1.29, 1.82) is 0 Å². The summed E-state index contributed by atoms with van der Waals surface area (Å²) in [7, 11) is 0. The van der Waals surface area contributed by atoms with Crippen molar-refractivity contribution in [3.63, 3.8) is 0 Å². The molecule has 1 fully saturated rings. The minimum absolute atomic E-state index is 0.0540. The van der Waals surface area contributed by atoms with Gasteiger partial charge in [0.25, 0.3) is 5.56 Å². The number of H-pyrrole nitrogens is 1. The molecule has 1 aliphatic carbocycles. The monoisotopic (exact) mass is 307 g/mol. The van der Waals surface area contributed by atoms with Gasteiger partial charge in [-0.25, -0.2) is 5.10 Å². The molecule has 0 saturated heterocycles. The number of aryl methyl sites for hydroxylation is 1. The van der Waals surface area contributed by atoms with E-state index in [2.05, 4.69) is 22.4 Å². The fourth-order valence-electron chi connectivity index (χ4n) is 2.85. The normalized spacial score (nSPS) is 21.6. The number of nitrogens with zero attached hydrogens (tertiary/aromatic N) is 1. The van der Waals surface area contributed by atoms with Crippen molar-refractivity contribution in [1.82, 2.24) is 15.5 Å². The zero-order valence-electron chi connectivity index (χ0n) is 13.6. The van der Waals surface area contributed by atoms with Gasteiger partial charge in [0.05, 0.1) is 11.8 Å². The predicted molar refractivity (Wildman–Crippen MR) is 83.6 cm³/mol. The van der Waals surface area contributed by atoms with Crippen LogP contribution in [0.3, 0.4) is 0 Å². The maximum Gasteiger partial charge on any atom is 0.269 e. The van der Waals surface area contributed by atoms with Crippen LogP contribution in [0.4, 0.5) is 0 Å². The Balaban J connectivity index is 1.81. The molecule has 1 amide bonds. The second-order valence-electron chi connectivity index (χ2n) is 6.22. The average molecular weight is 307 g/mol. The highest BCUT2D eigenvalue weighted by molar-refractivity contribution is 5.77. The largest absolute Gasteiger partial charge is 0.368 e. The Kier molecular flexibility index (Phi) is 5.71. The minimum Gasteiger partial charge on any atom is -0.368 e. The van der Waals surface area contributed by atoms with Crippen LogP contribution < -0.4 is 10.9 Å². The lowest BCUT2D eigenvalue weighted by atomic mass is 9.89. The van der Waals surface area contributed by atoms with Crippen LogP contribution in [-0.2, 0) is 16.1 Å². The number of amides is 1.